The summed E-state index contributed by atoms with van der Waals surface area (Å²) < 4.78 is 7.39. The fourth-order valence-electron chi connectivity index (χ4n) is 2.31. The minimum atomic E-state index is -0.420. The smallest absolute Gasteiger partial charge is 0.249 e. The average molecular weight is 266 g/mol. The second kappa shape index (κ2) is 6.65. The summed E-state index contributed by atoms with van der Waals surface area (Å²) in [6, 6.07) is 0. The van der Waals surface area contributed by atoms with E-state index in [1.807, 2.05) is 6.92 Å². The van der Waals surface area contributed by atoms with Gasteiger partial charge in [-0.1, -0.05) is 6.42 Å². The molecule has 2 rings (SSSR count). The zero-order valence-corrected chi connectivity index (χ0v) is 11.7. The largest absolute Gasteiger partial charge is 0.369 e. The van der Waals surface area contributed by atoms with Gasteiger partial charge in [0.2, 0.25) is 5.91 Å². The molecule has 0 fully saturated rings. The number of ether oxygens (including phenoxy) is 1. The molecule has 1 aromatic rings. The van der Waals surface area contributed by atoms with Crippen LogP contribution in [0.4, 0.5) is 0 Å². The molecule has 0 aromatic carbocycles. The number of hydrogen-bond donors (Lipinski definition) is 1. The summed E-state index contributed by atoms with van der Waals surface area (Å²) in [4.78, 5) is 11.8. The van der Waals surface area contributed by atoms with Gasteiger partial charge in [-0.15, -0.1) is 10.2 Å². The van der Waals surface area contributed by atoms with E-state index < -0.39 is 6.10 Å². The third-order valence-electron chi connectivity index (χ3n) is 3.39. The first-order valence-electron chi connectivity index (χ1n) is 7.02. The summed E-state index contributed by atoms with van der Waals surface area (Å²) in [6.45, 7) is 5.54. The molecule has 6 heteroatoms. The maximum absolute atomic E-state index is 11.8. The first kappa shape index (κ1) is 14.0. The highest BCUT2D eigenvalue weighted by atomic mass is 16.5. The lowest BCUT2D eigenvalue weighted by atomic mass is 10.2. The fourth-order valence-corrected chi connectivity index (χ4v) is 2.31. The molecule has 6 nitrogen and oxygen atoms in total. The van der Waals surface area contributed by atoms with Crippen molar-refractivity contribution in [3.63, 3.8) is 0 Å². The molecule has 106 valence electrons. The molecule has 19 heavy (non-hydrogen) atoms. The van der Waals surface area contributed by atoms with Crippen LogP contribution in [0.2, 0.25) is 0 Å². The molecule has 0 aliphatic carbocycles. The van der Waals surface area contributed by atoms with Gasteiger partial charge in [0.05, 0.1) is 6.54 Å². The summed E-state index contributed by atoms with van der Waals surface area (Å²) in [5.74, 6) is 1.78. The van der Waals surface area contributed by atoms with Crippen molar-refractivity contribution in [3.05, 3.63) is 11.6 Å². The maximum atomic E-state index is 11.8. The number of carbonyl (C=O) groups is 1. The number of carbonyl (C=O) groups excluding carboxylic acids is 1. The maximum Gasteiger partial charge on any atom is 0.249 e. The van der Waals surface area contributed by atoms with Crippen LogP contribution in [0.3, 0.4) is 0 Å². The molecule has 0 bridgehead atoms. The van der Waals surface area contributed by atoms with Crippen molar-refractivity contribution in [3.8, 4) is 0 Å². The van der Waals surface area contributed by atoms with Gasteiger partial charge in [-0.3, -0.25) is 4.79 Å². The summed E-state index contributed by atoms with van der Waals surface area (Å²) in [5.41, 5.74) is 0. The topological polar surface area (TPSA) is 69.0 Å². The highest BCUT2D eigenvalue weighted by molar-refractivity contribution is 5.80. The number of aryl methyl sites for hydroxylation is 1. The second-order valence-corrected chi connectivity index (χ2v) is 4.81. The minimum absolute atomic E-state index is 0.104. The normalized spacial score (nSPS) is 16.5. The number of fused-ring (bicyclic) bond motifs is 1. The van der Waals surface area contributed by atoms with Crippen molar-refractivity contribution in [2.75, 3.05) is 6.61 Å². The number of amides is 1. The van der Waals surface area contributed by atoms with Crippen LogP contribution in [-0.4, -0.2) is 33.4 Å². The lowest BCUT2D eigenvalue weighted by Gasteiger charge is -2.12. The van der Waals surface area contributed by atoms with Crippen LogP contribution in [0.25, 0.3) is 0 Å². The Morgan fingerprint density at radius 3 is 3.05 bits per heavy atom. The second-order valence-electron chi connectivity index (χ2n) is 4.81. The predicted octanol–water partition coefficient (Wildman–Crippen LogP) is 1.05. The summed E-state index contributed by atoms with van der Waals surface area (Å²) in [7, 11) is 0. The molecule has 1 N–H and O–H groups in total. The number of nitrogens with one attached hydrogen (secondary N) is 1. The SMILES string of the molecule is CCO[C@@H](C)C(=O)NCc1nnc2n1CCCCC2. The molecule has 1 aliphatic rings. The lowest BCUT2D eigenvalue weighted by molar-refractivity contribution is -0.131. The predicted molar refractivity (Wildman–Crippen MR) is 70.5 cm³/mol. The Labute approximate surface area is 113 Å². The van der Waals surface area contributed by atoms with E-state index in [1.54, 1.807) is 6.92 Å². The monoisotopic (exact) mass is 266 g/mol. The Bertz CT molecular complexity index is 430. The average Bonchev–Trinajstić information content (AvgIpc) is 2.64. The van der Waals surface area contributed by atoms with Crippen LogP contribution in [0.5, 0.6) is 0 Å². The van der Waals surface area contributed by atoms with Crippen molar-refractivity contribution < 1.29 is 9.53 Å². The van der Waals surface area contributed by atoms with E-state index >= 15 is 0 Å². The van der Waals surface area contributed by atoms with Crippen molar-refractivity contribution in [2.45, 2.75) is 58.7 Å². The molecule has 0 saturated carbocycles. The highest BCUT2D eigenvalue weighted by Crippen LogP contribution is 2.14. The third-order valence-corrected chi connectivity index (χ3v) is 3.39. The van der Waals surface area contributed by atoms with Crippen LogP contribution >= 0.6 is 0 Å². The molecule has 1 aliphatic heterocycles. The molecular formula is C13H22N4O2. The molecule has 1 aromatic heterocycles. The van der Waals surface area contributed by atoms with Gasteiger partial charge in [0.25, 0.3) is 0 Å². The van der Waals surface area contributed by atoms with Gasteiger partial charge in [0.1, 0.15) is 11.9 Å². The van der Waals surface area contributed by atoms with E-state index in [9.17, 15) is 4.79 Å². The van der Waals surface area contributed by atoms with Crippen molar-refractivity contribution >= 4 is 5.91 Å². The van der Waals surface area contributed by atoms with E-state index in [0.29, 0.717) is 13.2 Å². The number of rotatable bonds is 5. The Hall–Kier alpha value is -1.43. The van der Waals surface area contributed by atoms with Gasteiger partial charge in [0.15, 0.2) is 5.82 Å². The number of aromatic nitrogens is 3. The number of nitrogens with zero attached hydrogens (tertiary/aromatic N) is 3. The fraction of sp³-hybridized carbons (Fsp3) is 0.769. The summed E-state index contributed by atoms with van der Waals surface area (Å²) in [6.07, 6.45) is 4.12. The van der Waals surface area contributed by atoms with Crippen LogP contribution < -0.4 is 5.32 Å². The van der Waals surface area contributed by atoms with Crippen LogP contribution in [0.1, 0.15) is 44.8 Å². The van der Waals surface area contributed by atoms with E-state index in [-0.39, 0.29) is 5.91 Å². The quantitative estimate of drug-likeness (QED) is 0.864. The van der Waals surface area contributed by atoms with Gasteiger partial charge in [-0.25, -0.2) is 0 Å². The minimum Gasteiger partial charge on any atom is -0.369 e. The highest BCUT2D eigenvalue weighted by Gasteiger charge is 2.17. The Balaban J connectivity index is 1.93. The Kier molecular flexibility index (Phi) is 4.90. The third kappa shape index (κ3) is 3.53. The Morgan fingerprint density at radius 1 is 1.42 bits per heavy atom. The zero-order chi connectivity index (χ0) is 13.7. The first-order chi connectivity index (χ1) is 9.22. The van der Waals surface area contributed by atoms with E-state index in [0.717, 1.165) is 31.0 Å². The van der Waals surface area contributed by atoms with Crippen LogP contribution in [0.15, 0.2) is 0 Å². The number of hydrogen-bond acceptors (Lipinski definition) is 4. The van der Waals surface area contributed by atoms with Gasteiger partial charge in [0, 0.05) is 19.6 Å². The molecule has 0 saturated heterocycles. The molecule has 1 atom stereocenters. The van der Waals surface area contributed by atoms with Crippen molar-refractivity contribution in [1.82, 2.24) is 20.1 Å². The van der Waals surface area contributed by atoms with Crippen LogP contribution in [0, 0.1) is 0 Å². The van der Waals surface area contributed by atoms with E-state index in [4.69, 9.17) is 4.74 Å². The van der Waals surface area contributed by atoms with Crippen molar-refractivity contribution in [2.24, 2.45) is 0 Å². The van der Waals surface area contributed by atoms with Gasteiger partial charge >= 0.3 is 0 Å². The first-order valence-corrected chi connectivity index (χ1v) is 7.02. The van der Waals surface area contributed by atoms with Gasteiger partial charge in [-0.2, -0.15) is 0 Å². The Morgan fingerprint density at radius 2 is 2.26 bits per heavy atom. The van der Waals surface area contributed by atoms with E-state index in [2.05, 4.69) is 20.1 Å². The summed E-state index contributed by atoms with van der Waals surface area (Å²) >= 11 is 0. The van der Waals surface area contributed by atoms with Gasteiger partial charge < -0.3 is 14.6 Å². The molecule has 2 heterocycles. The summed E-state index contributed by atoms with van der Waals surface area (Å²) in [5, 5.41) is 11.2. The molecule has 1 amide bonds. The van der Waals surface area contributed by atoms with Crippen LogP contribution in [-0.2, 0) is 29.0 Å². The lowest BCUT2D eigenvalue weighted by Crippen LogP contribution is -2.34. The molecular weight excluding hydrogens is 244 g/mol. The standard InChI is InChI=1S/C13H22N4O2/c1-3-19-10(2)13(18)14-9-12-16-15-11-7-5-4-6-8-17(11)12/h10H,3-9H2,1-2H3,(H,14,18)/t10-/m0/s1. The van der Waals surface area contributed by atoms with Crippen molar-refractivity contribution in [1.29, 1.82) is 0 Å². The molecule has 0 unspecified atom stereocenters. The zero-order valence-electron chi connectivity index (χ0n) is 11.7. The van der Waals surface area contributed by atoms with E-state index in [1.165, 1.54) is 12.8 Å². The molecule has 0 spiro atoms. The molecule has 0 radical (unpaired) electrons. The van der Waals surface area contributed by atoms with Gasteiger partial charge in [-0.05, 0) is 26.7 Å².